The number of rotatable bonds is 7. The molecule has 0 unspecified atom stereocenters. The molecule has 0 saturated carbocycles. The number of aromatic nitrogens is 2. The highest BCUT2D eigenvalue weighted by atomic mass is 16.6. The van der Waals surface area contributed by atoms with Gasteiger partial charge in [0.2, 0.25) is 5.82 Å². The van der Waals surface area contributed by atoms with Crippen LogP contribution in [0.3, 0.4) is 0 Å². The number of nitro benzene ring substituents is 2. The number of ether oxygens (including phenoxy) is 1. The first kappa shape index (κ1) is 18.4. The molecule has 0 fully saturated rings. The number of benzene rings is 2. The molecule has 0 spiro atoms. The maximum Gasteiger partial charge on any atom is 0.277 e. The highest BCUT2D eigenvalue weighted by molar-refractivity contribution is 5.75. The van der Waals surface area contributed by atoms with Gasteiger partial charge in [-0.25, -0.2) is 0 Å². The predicted molar refractivity (Wildman–Crippen MR) is 93.2 cm³/mol. The minimum atomic E-state index is -0.751. The molecular weight excluding hydrogens is 374 g/mol. The van der Waals surface area contributed by atoms with Gasteiger partial charge in [-0.3, -0.25) is 25.0 Å². The summed E-state index contributed by atoms with van der Waals surface area (Å²) in [6.07, 6.45) is 0. The SMILES string of the molecule is NC(=O)COc1ccc(-c2noc(-c3cc([N+](=O)[O-])cc([N+](=O)[O-])c3)n2)cc1. The first-order chi connectivity index (χ1) is 13.3. The molecule has 0 radical (unpaired) electrons. The number of primary amides is 1. The summed E-state index contributed by atoms with van der Waals surface area (Å²) in [5.41, 5.74) is 4.62. The van der Waals surface area contributed by atoms with E-state index in [0.29, 0.717) is 11.3 Å². The second kappa shape index (κ2) is 7.49. The molecule has 142 valence electrons. The molecule has 0 aliphatic heterocycles. The molecule has 28 heavy (non-hydrogen) atoms. The average molecular weight is 385 g/mol. The summed E-state index contributed by atoms with van der Waals surface area (Å²) < 4.78 is 10.2. The van der Waals surface area contributed by atoms with Gasteiger partial charge in [-0.15, -0.1) is 0 Å². The Morgan fingerprint density at radius 3 is 2.18 bits per heavy atom. The van der Waals surface area contributed by atoms with Crippen molar-refractivity contribution in [2.75, 3.05) is 6.61 Å². The Balaban J connectivity index is 1.89. The number of amides is 1. The Morgan fingerprint density at radius 2 is 1.64 bits per heavy atom. The van der Waals surface area contributed by atoms with Gasteiger partial charge in [0.1, 0.15) is 5.75 Å². The second-order valence-electron chi connectivity index (χ2n) is 5.45. The molecule has 1 heterocycles. The van der Waals surface area contributed by atoms with Crippen LogP contribution >= 0.6 is 0 Å². The van der Waals surface area contributed by atoms with Gasteiger partial charge in [0.25, 0.3) is 23.2 Å². The van der Waals surface area contributed by atoms with Crippen LogP contribution in [0.5, 0.6) is 5.75 Å². The van der Waals surface area contributed by atoms with Crippen LogP contribution < -0.4 is 10.5 Å². The zero-order chi connectivity index (χ0) is 20.3. The third-order valence-electron chi connectivity index (χ3n) is 3.49. The van der Waals surface area contributed by atoms with Crippen LogP contribution in [0.1, 0.15) is 0 Å². The smallest absolute Gasteiger partial charge is 0.277 e. The minimum Gasteiger partial charge on any atom is -0.484 e. The molecule has 0 bridgehead atoms. The lowest BCUT2D eigenvalue weighted by Crippen LogP contribution is -2.19. The van der Waals surface area contributed by atoms with Crippen molar-refractivity contribution in [3.05, 3.63) is 62.7 Å². The highest BCUT2D eigenvalue weighted by Gasteiger charge is 2.20. The molecule has 2 N–H and O–H groups in total. The van der Waals surface area contributed by atoms with Crippen LogP contribution in [-0.4, -0.2) is 32.5 Å². The van der Waals surface area contributed by atoms with E-state index in [0.717, 1.165) is 18.2 Å². The van der Waals surface area contributed by atoms with Crippen LogP contribution in [0.4, 0.5) is 11.4 Å². The molecule has 0 aliphatic carbocycles. The molecule has 12 nitrogen and oxygen atoms in total. The van der Waals surface area contributed by atoms with Gasteiger partial charge >= 0.3 is 0 Å². The Hall–Kier alpha value is -4.35. The monoisotopic (exact) mass is 385 g/mol. The zero-order valence-electron chi connectivity index (χ0n) is 14.0. The molecular formula is C16H11N5O7. The lowest BCUT2D eigenvalue weighted by Gasteiger charge is -2.03. The van der Waals surface area contributed by atoms with Crippen LogP contribution in [0, 0.1) is 20.2 Å². The molecule has 0 aliphatic rings. The van der Waals surface area contributed by atoms with E-state index < -0.39 is 27.1 Å². The van der Waals surface area contributed by atoms with Gasteiger partial charge in [0.15, 0.2) is 6.61 Å². The maximum absolute atomic E-state index is 11.0. The first-order valence-electron chi connectivity index (χ1n) is 7.63. The van der Waals surface area contributed by atoms with Gasteiger partial charge in [0.05, 0.1) is 21.5 Å². The molecule has 12 heteroatoms. The predicted octanol–water partition coefficient (Wildman–Crippen LogP) is 2.08. The lowest BCUT2D eigenvalue weighted by atomic mass is 10.1. The summed E-state index contributed by atoms with van der Waals surface area (Å²) in [5, 5.41) is 25.8. The van der Waals surface area contributed by atoms with E-state index in [2.05, 4.69) is 10.1 Å². The van der Waals surface area contributed by atoms with Gasteiger partial charge in [0, 0.05) is 17.7 Å². The van der Waals surface area contributed by atoms with Gasteiger partial charge in [-0.05, 0) is 24.3 Å². The van der Waals surface area contributed by atoms with Crippen molar-refractivity contribution < 1.29 is 23.9 Å². The van der Waals surface area contributed by atoms with Crippen molar-refractivity contribution in [2.24, 2.45) is 5.73 Å². The number of nitrogens with two attached hydrogens (primary N) is 1. The average Bonchev–Trinajstić information content (AvgIpc) is 3.16. The van der Waals surface area contributed by atoms with Crippen molar-refractivity contribution in [3.63, 3.8) is 0 Å². The van der Waals surface area contributed by atoms with Crippen molar-refractivity contribution in [1.82, 2.24) is 10.1 Å². The van der Waals surface area contributed by atoms with Crippen LogP contribution in [0.25, 0.3) is 22.8 Å². The standard InChI is InChI=1S/C16H11N5O7/c17-14(22)8-27-13-3-1-9(2-4-13)15-18-16(28-19-15)10-5-11(20(23)24)7-12(6-10)21(25)26/h1-7H,8H2,(H2,17,22). The van der Waals surface area contributed by atoms with Crippen molar-refractivity contribution in [3.8, 4) is 28.6 Å². The summed E-state index contributed by atoms with van der Waals surface area (Å²) in [6, 6.07) is 9.36. The van der Waals surface area contributed by atoms with E-state index in [9.17, 15) is 25.0 Å². The fourth-order valence-electron chi connectivity index (χ4n) is 2.24. The summed E-state index contributed by atoms with van der Waals surface area (Å²) >= 11 is 0. The topological polar surface area (TPSA) is 178 Å². The zero-order valence-corrected chi connectivity index (χ0v) is 14.0. The Kier molecular flexibility index (Phi) is 4.93. The second-order valence-corrected chi connectivity index (χ2v) is 5.45. The fourth-order valence-corrected chi connectivity index (χ4v) is 2.24. The molecule has 0 saturated heterocycles. The number of non-ortho nitro benzene ring substituents is 2. The van der Waals surface area contributed by atoms with Crippen molar-refractivity contribution in [1.29, 1.82) is 0 Å². The maximum atomic E-state index is 11.0. The summed E-state index contributed by atoms with van der Waals surface area (Å²) in [6.45, 7) is -0.267. The molecule has 3 rings (SSSR count). The van der Waals surface area contributed by atoms with Crippen LogP contribution in [0.2, 0.25) is 0 Å². The third-order valence-corrected chi connectivity index (χ3v) is 3.49. The third kappa shape index (κ3) is 4.07. The number of carbonyl (C=O) groups excluding carboxylic acids is 1. The van der Waals surface area contributed by atoms with E-state index in [4.69, 9.17) is 15.0 Å². The minimum absolute atomic E-state index is 0.0426. The summed E-state index contributed by atoms with van der Waals surface area (Å²) in [7, 11) is 0. The Morgan fingerprint density at radius 1 is 1.04 bits per heavy atom. The Bertz CT molecular complexity index is 1030. The fraction of sp³-hybridized carbons (Fsp3) is 0.0625. The van der Waals surface area contributed by atoms with E-state index >= 15 is 0 Å². The molecule has 1 aromatic heterocycles. The van der Waals surface area contributed by atoms with E-state index in [1.165, 1.54) is 0 Å². The largest absolute Gasteiger partial charge is 0.484 e. The molecule has 2 aromatic carbocycles. The van der Waals surface area contributed by atoms with Gasteiger partial charge in [-0.1, -0.05) is 5.16 Å². The van der Waals surface area contributed by atoms with Crippen LogP contribution in [0.15, 0.2) is 47.0 Å². The summed E-state index contributed by atoms with van der Waals surface area (Å²) in [4.78, 5) is 35.3. The van der Waals surface area contributed by atoms with E-state index in [1.54, 1.807) is 24.3 Å². The first-order valence-corrected chi connectivity index (χ1v) is 7.63. The van der Waals surface area contributed by atoms with E-state index in [1.807, 2.05) is 0 Å². The van der Waals surface area contributed by atoms with Gasteiger partial charge in [-0.2, -0.15) is 4.98 Å². The number of nitrogens with zero attached hydrogens (tertiary/aromatic N) is 4. The number of hydrogen-bond donors (Lipinski definition) is 1. The molecule has 3 aromatic rings. The Labute approximate surface area is 155 Å². The van der Waals surface area contributed by atoms with Crippen molar-refractivity contribution >= 4 is 17.3 Å². The van der Waals surface area contributed by atoms with E-state index in [-0.39, 0.29) is 23.9 Å². The summed E-state index contributed by atoms with van der Waals surface area (Å²) in [5.74, 6) is -0.167. The number of carbonyl (C=O) groups is 1. The molecule has 1 amide bonds. The highest BCUT2D eigenvalue weighted by Crippen LogP contribution is 2.30. The molecule has 0 atom stereocenters. The van der Waals surface area contributed by atoms with Crippen molar-refractivity contribution in [2.45, 2.75) is 0 Å². The van der Waals surface area contributed by atoms with Gasteiger partial charge < -0.3 is 15.0 Å². The number of nitro groups is 2. The normalized spacial score (nSPS) is 10.4. The number of hydrogen-bond acceptors (Lipinski definition) is 9. The van der Waals surface area contributed by atoms with Crippen LogP contribution in [-0.2, 0) is 4.79 Å². The quantitative estimate of drug-likeness (QED) is 0.471. The lowest BCUT2D eigenvalue weighted by molar-refractivity contribution is -0.394.